The summed E-state index contributed by atoms with van der Waals surface area (Å²) < 4.78 is 5.40. The van der Waals surface area contributed by atoms with Crippen LogP contribution in [-0.4, -0.2) is 30.7 Å². The zero-order chi connectivity index (χ0) is 18.2. The van der Waals surface area contributed by atoms with E-state index in [9.17, 15) is 0 Å². The Morgan fingerprint density at radius 1 is 1.00 bits per heavy atom. The Morgan fingerprint density at radius 3 is 2.58 bits per heavy atom. The highest BCUT2D eigenvalue weighted by Gasteiger charge is 2.06. The number of aromatic nitrogens is 2. The normalized spacial score (nSPS) is 10.4. The quantitative estimate of drug-likeness (QED) is 0.671. The highest BCUT2D eigenvalue weighted by molar-refractivity contribution is 5.48. The SMILES string of the molecule is COc1ccccc1CCNc1cc(N(C)Cc2ccccc2)ncn1. The first-order valence-electron chi connectivity index (χ1n) is 8.69. The lowest BCUT2D eigenvalue weighted by Crippen LogP contribution is -2.18. The van der Waals surface area contributed by atoms with Gasteiger partial charge in [-0.25, -0.2) is 9.97 Å². The molecule has 3 rings (SSSR count). The molecule has 3 aromatic rings. The van der Waals surface area contributed by atoms with Gasteiger partial charge < -0.3 is 15.0 Å². The number of rotatable bonds is 8. The van der Waals surface area contributed by atoms with Crippen LogP contribution in [0.3, 0.4) is 0 Å². The van der Waals surface area contributed by atoms with E-state index in [-0.39, 0.29) is 0 Å². The minimum Gasteiger partial charge on any atom is -0.496 e. The molecule has 0 spiro atoms. The Morgan fingerprint density at radius 2 is 1.77 bits per heavy atom. The maximum atomic E-state index is 5.40. The first kappa shape index (κ1) is 17.7. The molecular weight excluding hydrogens is 324 g/mol. The summed E-state index contributed by atoms with van der Waals surface area (Å²) in [7, 11) is 3.74. The average molecular weight is 348 g/mol. The molecule has 0 unspecified atom stereocenters. The third kappa shape index (κ3) is 4.72. The summed E-state index contributed by atoms with van der Waals surface area (Å²) in [6, 6.07) is 20.4. The maximum Gasteiger partial charge on any atom is 0.134 e. The number of para-hydroxylation sites is 1. The van der Waals surface area contributed by atoms with E-state index in [0.717, 1.165) is 36.9 Å². The number of benzene rings is 2. The minimum absolute atomic E-state index is 0.777. The second-order valence-corrected chi connectivity index (χ2v) is 6.09. The van der Waals surface area contributed by atoms with Crippen molar-refractivity contribution < 1.29 is 4.74 Å². The van der Waals surface area contributed by atoms with Crippen LogP contribution in [0.1, 0.15) is 11.1 Å². The Hall–Kier alpha value is -3.08. The van der Waals surface area contributed by atoms with Crippen LogP contribution in [0.2, 0.25) is 0 Å². The maximum absolute atomic E-state index is 5.40. The zero-order valence-corrected chi connectivity index (χ0v) is 15.2. The number of methoxy groups -OCH3 is 1. The van der Waals surface area contributed by atoms with E-state index >= 15 is 0 Å². The van der Waals surface area contributed by atoms with E-state index < -0.39 is 0 Å². The second-order valence-electron chi connectivity index (χ2n) is 6.09. The Kier molecular flexibility index (Phi) is 6.04. The third-order valence-electron chi connectivity index (χ3n) is 4.20. The van der Waals surface area contributed by atoms with Crippen molar-refractivity contribution in [2.75, 3.05) is 30.9 Å². The van der Waals surface area contributed by atoms with Gasteiger partial charge >= 0.3 is 0 Å². The molecule has 1 aromatic heterocycles. The van der Waals surface area contributed by atoms with Crippen molar-refractivity contribution in [1.29, 1.82) is 0 Å². The zero-order valence-electron chi connectivity index (χ0n) is 15.2. The van der Waals surface area contributed by atoms with Crippen molar-refractivity contribution in [3.8, 4) is 5.75 Å². The number of hydrogen-bond donors (Lipinski definition) is 1. The van der Waals surface area contributed by atoms with Crippen molar-refractivity contribution in [2.24, 2.45) is 0 Å². The minimum atomic E-state index is 0.777. The summed E-state index contributed by atoms with van der Waals surface area (Å²) in [6.45, 7) is 1.58. The summed E-state index contributed by atoms with van der Waals surface area (Å²) in [5.74, 6) is 2.63. The highest BCUT2D eigenvalue weighted by atomic mass is 16.5. The van der Waals surface area contributed by atoms with Gasteiger partial charge in [-0.2, -0.15) is 0 Å². The first-order chi connectivity index (χ1) is 12.8. The molecule has 0 aliphatic heterocycles. The van der Waals surface area contributed by atoms with Crippen LogP contribution in [0.15, 0.2) is 67.0 Å². The Balaban J connectivity index is 1.58. The molecule has 0 bridgehead atoms. The summed E-state index contributed by atoms with van der Waals surface area (Å²) in [5, 5.41) is 3.37. The van der Waals surface area contributed by atoms with Crippen LogP contribution in [0.25, 0.3) is 0 Å². The van der Waals surface area contributed by atoms with Crippen molar-refractivity contribution in [1.82, 2.24) is 9.97 Å². The molecule has 0 atom stereocenters. The fourth-order valence-electron chi connectivity index (χ4n) is 2.83. The van der Waals surface area contributed by atoms with E-state index in [1.54, 1.807) is 13.4 Å². The van der Waals surface area contributed by atoms with Gasteiger partial charge in [0.1, 0.15) is 23.7 Å². The van der Waals surface area contributed by atoms with Gasteiger partial charge in [0, 0.05) is 26.2 Å². The van der Waals surface area contributed by atoms with Gasteiger partial charge in [0.15, 0.2) is 0 Å². The molecule has 0 saturated heterocycles. The Labute approximate surface area is 154 Å². The number of nitrogens with zero attached hydrogens (tertiary/aromatic N) is 3. The van der Waals surface area contributed by atoms with Crippen LogP contribution >= 0.6 is 0 Å². The fourth-order valence-corrected chi connectivity index (χ4v) is 2.83. The molecule has 2 aromatic carbocycles. The molecule has 0 saturated carbocycles. The molecule has 5 nitrogen and oxygen atoms in total. The highest BCUT2D eigenvalue weighted by Crippen LogP contribution is 2.19. The van der Waals surface area contributed by atoms with E-state index in [1.165, 1.54) is 11.1 Å². The van der Waals surface area contributed by atoms with Crippen LogP contribution in [-0.2, 0) is 13.0 Å². The predicted octanol–water partition coefficient (Wildman–Crippen LogP) is 3.78. The van der Waals surface area contributed by atoms with Gasteiger partial charge in [-0.3, -0.25) is 0 Å². The summed E-state index contributed by atoms with van der Waals surface area (Å²) in [6.07, 6.45) is 2.46. The molecule has 0 fully saturated rings. The van der Waals surface area contributed by atoms with Crippen LogP contribution in [0.4, 0.5) is 11.6 Å². The van der Waals surface area contributed by atoms with Crippen LogP contribution in [0.5, 0.6) is 5.75 Å². The largest absolute Gasteiger partial charge is 0.496 e. The molecule has 1 heterocycles. The lowest BCUT2D eigenvalue weighted by atomic mass is 10.1. The lowest BCUT2D eigenvalue weighted by Gasteiger charge is -2.18. The van der Waals surface area contributed by atoms with Crippen LogP contribution < -0.4 is 15.0 Å². The van der Waals surface area contributed by atoms with E-state index in [1.807, 2.05) is 49.5 Å². The number of ether oxygens (including phenoxy) is 1. The summed E-state index contributed by atoms with van der Waals surface area (Å²) >= 11 is 0. The van der Waals surface area contributed by atoms with Gasteiger partial charge in [0.25, 0.3) is 0 Å². The molecule has 1 N–H and O–H groups in total. The fraction of sp³-hybridized carbons (Fsp3) is 0.238. The molecule has 0 amide bonds. The van der Waals surface area contributed by atoms with E-state index in [2.05, 4.69) is 38.4 Å². The molecule has 0 aliphatic rings. The van der Waals surface area contributed by atoms with Crippen molar-refractivity contribution in [3.63, 3.8) is 0 Å². The van der Waals surface area contributed by atoms with Gasteiger partial charge in [-0.15, -0.1) is 0 Å². The van der Waals surface area contributed by atoms with Gasteiger partial charge in [-0.1, -0.05) is 48.5 Å². The molecule has 134 valence electrons. The van der Waals surface area contributed by atoms with Crippen molar-refractivity contribution in [3.05, 3.63) is 78.1 Å². The topological polar surface area (TPSA) is 50.3 Å². The summed E-state index contributed by atoms with van der Waals surface area (Å²) in [5.41, 5.74) is 2.43. The van der Waals surface area contributed by atoms with Gasteiger partial charge in [0.2, 0.25) is 0 Å². The van der Waals surface area contributed by atoms with E-state index in [4.69, 9.17) is 4.74 Å². The third-order valence-corrected chi connectivity index (χ3v) is 4.20. The standard InChI is InChI=1S/C21H24N4O/c1-25(15-17-8-4-3-5-9-17)21-14-20(23-16-24-21)22-13-12-18-10-6-7-11-19(18)26-2/h3-11,14,16H,12-13,15H2,1-2H3,(H,22,23,24). The number of anilines is 2. The average Bonchev–Trinajstić information content (AvgIpc) is 2.69. The predicted molar refractivity (Wildman–Crippen MR) is 106 cm³/mol. The molecule has 0 radical (unpaired) electrons. The summed E-state index contributed by atoms with van der Waals surface area (Å²) in [4.78, 5) is 10.8. The van der Waals surface area contributed by atoms with Crippen LogP contribution in [0, 0.1) is 0 Å². The van der Waals surface area contributed by atoms with Crippen molar-refractivity contribution >= 4 is 11.6 Å². The number of nitrogens with one attached hydrogen (secondary N) is 1. The van der Waals surface area contributed by atoms with Gasteiger partial charge in [0.05, 0.1) is 7.11 Å². The van der Waals surface area contributed by atoms with Gasteiger partial charge in [-0.05, 0) is 23.6 Å². The number of hydrogen-bond acceptors (Lipinski definition) is 5. The van der Waals surface area contributed by atoms with Crippen molar-refractivity contribution in [2.45, 2.75) is 13.0 Å². The lowest BCUT2D eigenvalue weighted by molar-refractivity contribution is 0.410. The molecule has 5 heteroatoms. The molecule has 26 heavy (non-hydrogen) atoms. The first-order valence-corrected chi connectivity index (χ1v) is 8.69. The monoisotopic (exact) mass is 348 g/mol. The van der Waals surface area contributed by atoms with E-state index in [0.29, 0.717) is 0 Å². The molecule has 0 aliphatic carbocycles. The molecular formula is C21H24N4O. The Bertz CT molecular complexity index is 823. The second kappa shape index (κ2) is 8.85. The smallest absolute Gasteiger partial charge is 0.134 e.